The van der Waals surface area contributed by atoms with Crippen molar-refractivity contribution in [2.45, 2.75) is 32.2 Å². The van der Waals surface area contributed by atoms with Crippen LogP contribution in [0.25, 0.3) is 0 Å². The van der Waals surface area contributed by atoms with E-state index in [-0.39, 0.29) is 18.6 Å². The Labute approximate surface area is 114 Å². The van der Waals surface area contributed by atoms with E-state index in [1.54, 1.807) is 0 Å². The number of hydrogen-bond donors (Lipinski definition) is 1. The molecule has 0 aromatic heterocycles. The number of para-hydroxylation sites is 1. The molecule has 1 amide bonds. The number of amides is 1. The van der Waals surface area contributed by atoms with Crippen LogP contribution in [0.2, 0.25) is 0 Å². The molecule has 2 rings (SSSR count). The Kier molecular flexibility index (Phi) is 4.93. The number of ether oxygens (including phenoxy) is 1. The fraction of sp³-hybridized carbons (Fsp3) is 0.533. The zero-order valence-electron chi connectivity index (χ0n) is 11.5. The van der Waals surface area contributed by atoms with E-state index >= 15 is 0 Å². The zero-order chi connectivity index (χ0) is 13.7. The van der Waals surface area contributed by atoms with Crippen LogP contribution in [0, 0.1) is 0 Å². The van der Waals surface area contributed by atoms with E-state index in [4.69, 9.17) is 10.5 Å². The van der Waals surface area contributed by atoms with Crippen LogP contribution in [0.15, 0.2) is 24.3 Å². The van der Waals surface area contributed by atoms with Crippen molar-refractivity contribution in [1.29, 1.82) is 0 Å². The molecule has 1 heterocycles. The number of carbonyl (C=O) groups excluding carboxylic acids is 1. The highest BCUT2D eigenvalue weighted by atomic mass is 16.5. The second kappa shape index (κ2) is 6.68. The van der Waals surface area contributed by atoms with Crippen LogP contribution in [-0.4, -0.2) is 25.7 Å². The van der Waals surface area contributed by atoms with Crippen LogP contribution in [0.4, 0.5) is 5.69 Å². The Morgan fingerprint density at radius 3 is 3.05 bits per heavy atom. The molecule has 0 bridgehead atoms. The Bertz CT molecular complexity index is 434. The van der Waals surface area contributed by atoms with Gasteiger partial charge in [-0.2, -0.15) is 0 Å². The van der Waals surface area contributed by atoms with Crippen molar-refractivity contribution < 1.29 is 9.53 Å². The number of hydrogen-bond acceptors (Lipinski definition) is 3. The van der Waals surface area contributed by atoms with E-state index in [0.717, 1.165) is 37.1 Å². The van der Waals surface area contributed by atoms with E-state index in [0.29, 0.717) is 6.61 Å². The molecule has 0 fully saturated rings. The van der Waals surface area contributed by atoms with Crippen LogP contribution >= 0.6 is 0 Å². The van der Waals surface area contributed by atoms with Crippen molar-refractivity contribution in [3.05, 3.63) is 29.8 Å². The molecule has 0 aliphatic carbocycles. The summed E-state index contributed by atoms with van der Waals surface area (Å²) >= 11 is 0. The van der Waals surface area contributed by atoms with Crippen molar-refractivity contribution >= 4 is 11.6 Å². The SMILES string of the molecule is CCCOCC(=O)N1CCCC(N)c2ccccc21. The molecule has 19 heavy (non-hydrogen) atoms. The lowest BCUT2D eigenvalue weighted by molar-refractivity contribution is -0.123. The van der Waals surface area contributed by atoms with Crippen LogP contribution in [0.1, 0.15) is 37.8 Å². The number of carbonyl (C=O) groups is 1. The predicted octanol–water partition coefficient (Wildman–Crippen LogP) is 2.24. The van der Waals surface area contributed by atoms with Crippen LogP contribution in [-0.2, 0) is 9.53 Å². The molecule has 4 heteroatoms. The fourth-order valence-corrected chi connectivity index (χ4v) is 2.43. The quantitative estimate of drug-likeness (QED) is 0.847. The summed E-state index contributed by atoms with van der Waals surface area (Å²) < 4.78 is 5.36. The molecule has 0 saturated carbocycles. The molecular formula is C15H22N2O2. The fourth-order valence-electron chi connectivity index (χ4n) is 2.43. The molecule has 0 radical (unpaired) electrons. The smallest absolute Gasteiger partial charge is 0.252 e. The van der Waals surface area contributed by atoms with Crippen molar-refractivity contribution in [2.75, 3.05) is 24.7 Å². The van der Waals surface area contributed by atoms with Gasteiger partial charge >= 0.3 is 0 Å². The van der Waals surface area contributed by atoms with Gasteiger partial charge < -0.3 is 15.4 Å². The van der Waals surface area contributed by atoms with E-state index in [1.165, 1.54) is 0 Å². The van der Waals surface area contributed by atoms with Crippen molar-refractivity contribution in [3.8, 4) is 0 Å². The lowest BCUT2D eigenvalue weighted by Gasteiger charge is -2.23. The first kappa shape index (κ1) is 14.0. The number of benzene rings is 1. The Hall–Kier alpha value is -1.39. The number of fused-ring (bicyclic) bond motifs is 1. The van der Waals surface area contributed by atoms with E-state index in [9.17, 15) is 4.79 Å². The summed E-state index contributed by atoms with van der Waals surface area (Å²) in [5.74, 6) is 0.0231. The van der Waals surface area contributed by atoms with Gasteiger partial charge in [0.05, 0.1) is 0 Å². The standard InChI is InChI=1S/C15H22N2O2/c1-2-10-19-11-15(18)17-9-5-7-13(16)12-6-3-4-8-14(12)17/h3-4,6,8,13H,2,5,7,9-11,16H2,1H3. The van der Waals surface area contributed by atoms with E-state index < -0.39 is 0 Å². The van der Waals surface area contributed by atoms with Gasteiger partial charge in [-0.25, -0.2) is 0 Å². The van der Waals surface area contributed by atoms with Gasteiger partial charge in [-0.3, -0.25) is 4.79 Å². The van der Waals surface area contributed by atoms with Gasteiger partial charge in [0, 0.05) is 24.9 Å². The van der Waals surface area contributed by atoms with Crippen LogP contribution in [0.3, 0.4) is 0 Å². The van der Waals surface area contributed by atoms with Crippen molar-refractivity contribution in [3.63, 3.8) is 0 Å². The Morgan fingerprint density at radius 2 is 2.26 bits per heavy atom. The minimum atomic E-state index is 0.0190. The first-order valence-corrected chi connectivity index (χ1v) is 6.96. The highest BCUT2D eigenvalue weighted by Gasteiger charge is 2.24. The Balaban J connectivity index is 2.16. The lowest BCUT2D eigenvalue weighted by atomic mass is 10.0. The van der Waals surface area contributed by atoms with Gasteiger partial charge in [0.25, 0.3) is 5.91 Å². The summed E-state index contributed by atoms with van der Waals surface area (Å²) in [6.45, 7) is 3.53. The minimum absolute atomic E-state index is 0.0190. The normalized spacial score (nSPS) is 18.8. The number of nitrogens with two attached hydrogens (primary N) is 1. The molecule has 1 aromatic rings. The minimum Gasteiger partial charge on any atom is -0.372 e. The second-order valence-electron chi connectivity index (χ2n) is 4.91. The summed E-state index contributed by atoms with van der Waals surface area (Å²) in [5.41, 5.74) is 8.16. The van der Waals surface area contributed by atoms with Crippen LogP contribution in [0.5, 0.6) is 0 Å². The summed E-state index contributed by atoms with van der Waals surface area (Å²) in [7, 11) is 0. The molecule has 0 saturated heterocycles. The molecule has 4 nitrogen and oxygen atoms in total. The highest BCUT2D eigenvalue weighted by molar-refractivity contribution is 5.95. The summed E-state index contributed by atoms with van der Waals surface area (Å²) in [6, 6.07) is 7.92. The number of anilines is 1. The molecular weight excluding hydrogens is 240 g/mol. The first-order chi connectivity index (χ1) is 9.24. The largest absolute Gasteiger partial charge is 0.372 e. The molecule has 1 aliphatic heterocycles. The molecule has 1 aromatic carbocycles. The Morgan fingerprint density at radius 1 is 1.47 bits per heavy atom. The van der Waals surface area contributed by atoms with Gasteiger partial charge in [0.2, 0.25) is 0 Å². The summed E-state index contributed by atoms with van der Waals surface area (Å²) in [4.78, 5) is 14.1. The van der Waals surface area contributed by atoms with Gasteiger partial charge in [-0.15, -0.1) is 0 Å². The third-order valence-electron chi connectivity index (χ3n) is 3.40. The lowest BCUT2D eigenvalue weighted by Crippen LogP contribution is -2.35. The summed E-state index contributed by atoms with van der Waals surface area (Å²) in [6.07, 6.45) is 2.76. The van der Waals surface area contributed by atoms with Gasteiger partial charge in [-0.1, -0.05) is 25.1 Å². The molecule has 1 unspecified atom stereocenters. The average Bonchev–Trinajstić information content (AvgIpc) is 2.59. The molecule has 1 aliphatic rings. The van der Waals surface area contributed by atoms with E-state index in [2.05, 4.69) is 0 Å². The highest BCUT2D eigenvalue weighted by Crippen LogP contribution is 2.31. The monoisotopic (exact) mass is 262 g/mol. The van der Waals surface area contributed by atoms with Crippen molar-refractivity contribution in [1.82, 2.24) is 0 Å². The number of nitrogens with zero attached hydrogens (tertiary/aromatic N) is 1. The van der Waals surface area contributed by atoms with E-state index in [1.807, 2.05) is 36.1 Å². The second-order valence-corrected chi connectivity index (χ2v) is 4.91. The molecule has 1 atom stereocenters. The molecule has 2 N–H and O–H groups in total. The maximum atomic E-state index is 12.3. The summed E-state index contributed by atoms with van der Waals surface area (Å²) in [5, 5.41) is 0. The maximum Gasteiger partial charge on any atom is 0.252 e. The third-order valence-corrected chi connectivity index (χ3v) is 3.40. The van der Waals surface area contributed by atoms with Gasteiger partial charge in [0.15, 0.2) is 0 Å². The topological polar surface area (TPSA) is 55.6 Å². The van der Waals surface area contributed by atoms with Gasteiger partial charge in [0.1, 0.15) is 6.61 Å². The zero-order valence-corrected chi connectivity index (χ0v) is 11.5. The molecule has 104 valence electrons. The average molecular weight is 262 g/mol. The predicted molar refractivity (Wildman–Crippen MR) is 76.1 cm³/mol. The molecule has 0 spiro atoms. The number of rotatable bonds is 4. The third kappa shape index (κ3) is 3.33. The van der Waals surface area contributed by atoms with Crippen LogP contribution < -0.4 is 10.6 Å². The van der Waals surface area contributed by atoms with Gasteiger partial charge in [-0.05, 0) is 30.9 Å². The maximum absolute atomic E-state index is 12.3. The van der Waals surface area contributed by atoms with Crippen molar-refractivity contribution in [2.24, 2.45) is 5.73 Å². The first-order valence-electron chi connectivity index (χ1n) is 6.96.